The zero-order valence-corrected chi connectivity index (χ0v) is 13.5. The Labute approximate surface area is 130 Å². The van der Waals surface area contributed by atoms with Gasteiger partial charge in [-0.1, -0.05) is 6.92 Å². The minimum absolute atomic E-state index is 0.465. The van der Waals surface area contributed by atoms with Crippen LogP contribution in [0.25, 0.3) is 0 Å². The van der Waals surface area contributed by atoms with Gasteiger partial charge in [-0.25, -0.2) is 9.97 Å². The van der Waals surface area contributed by atoms with Gasteiger partial charge < -0.3 is 9.73 Å². The molecule has 0 saturated heterocycles. The lowest BCUT2D eigenvalue weighted by Gasteiger charge is -2.14. The van der Waals surface area contributed by atoms with Crippen LogP contribution < -0.4 is 5.32 Å². The Kier molecular flexibility index (Phi) is 4.36. The number of hydrogen-bond acceptors (Lipinski definition) is 6. The van der Waals surface area contributed by atoms with Gasteiger partial charge in [-0.05, 0) is 39.0 Å². The van der Waals surface area contributed by atoms with Crippen LogP contribution in [0.3, 0.4) is 0 Å². The molecule has 0 bridgehead atoms. The topological polar surface area (TPSA) is 76.7 Å². The standard InChI is InChI=1S/C16H23N5O/c1-4-15-20-21-16(22-15)9-12-5-6-13(8-12)19-14-7-10(2)17-11(3)18-14/h7,12-13H,4-6,8-9H2,1-3H3,(H,17,18,19)/t12-,13+/m1/s1. The normalized spacial score (nSPS) is 21.2. The highest BCUT2D eigenvalue weighted by molar-refractivity contribution is 5.37. The molecule has 1 aliphatic carbocycles. The van der Waals surface area contributed by atoms with Crippen molar-refractivity contribution in [3.8, 4) is 0 Å². The van der Waals surface area contributed by atoms with E-state index in [1.165, 1.54) is 6.42 Å². The van der Waals surface area contributed by atoms with E-state index < -0.39 is 0 Å². The molecule has 0 unspecified atom stereocenters. The molecule has 2 heterocycles. The summed E-state index contributed by atoms with van der Waals surface area (Å²) in [5.74, 6) is 3.86. The molecular formula is C16H23N5O. The highest BCUT2D eigenvalue weighted by Crippen LogP contribution is 2.30. The molecule has 1 N–H and O–H groups in total. The zero-order valence-electron chi connectivity index (χ0n) is 13.5. The van der Waals surface area contributed by atoms with Gasteiger partial charge in [-0.3, -0.25) is 0 Å². The average Bonchev–Trinajstić information content (AvgIpc) is 3.07. The lowest BCUT2D eigenvalue weighted by Crippen LogP contribution is -2.17. The lowest BCUT2D eigenvalue weighted by atomic mass is 10.0. The summed E-state index contributed by atoms with van der Waals surface area (Å²) in [6.45, 7) is 5.95. The summed E-state index contributed by atoms with van der Waals surface area (Å²) in [5, 5.41) is 11.7. The smallest absolute Gasteiger partial charge is 0.216 e. The van der Waals surface area contributed by atoms with Crippen LogP contribution in [-0.4, -0.2) is 26.2 Å². The van der Waals surface area contributed by atoms with Crippen molar-refractivity contribution in [3.05, 3.63) is 29.4 Å². The van der Waals surface area contributed by atoms with Gasteiger partial charge in [-0.15, -0.1) is 10.2 Å². The third-order valence-corrected chi connectivity index (χ3v) is 4.13. The first-order valence-electron chi connectivity index (χ1n) is 8.02. The molecule has 2 atom stereocenters. The van der Waals surface area contributed by atoms with Gasteiger partial charge in [0.2, 0.25) is 11.8 Å². The molecule has 0 amide bonds. The van der Waals surface area contributed by atoms with E-state index in [0.717, 1.165) is 54.8 Å². The third-order valence-electron chi connectivity index (χ3n) is 4.13. The summed E-state index contributed by atoms with van der Waals surface area (Å²) in [6.07, 6.45) is 5.14. The maximum absolute atomic E-state index is 5.62. The minimum atomic E-state index is 0.465. The molecule has 3 rings (SSSR count). The number of anilines is 1. The van der Waals surface area contributed by atoms with Crippen molar-refractivity contribution in [2.24, 2.45) is 5.92 Å². The largest absolute Gasteiger partial charge is 0.425 e. The van der Waals surface area contributed by atoms with Crippen LogP contribution in [0.1, 0.15) is 49.5 Å². The summed E-state index contributed by atoms with van der Waals surface area (Å²) in [6, 6.07) is 2.47. The summed E-state index contributed by atoms with van der Waals surface area (Å²) in [7, 11) is 0. The SMILES string of the molecule is CCc1nnc(C[C@@H]2CC[C@H](Nc3cc(C)nc(C)n3)C2)o1. The van der Waals surface area contributed by atoms with Gasteiger partial charge in [0.1, 0.15) is 11.6 Å². The Morgan fingerprint density at radius 3 is 2.73 bits per heavy atom. The molecule has 1 aliphatic rings. The molecule has 2 aromatic heterocycles. The highest BCUT2D eigenvalue weighted by Gasteiger charge is 2.26. The van der Waals surface area contributed by atoms with E-state index in [1.807, 2.05) is 26.8 Å². The predicted octanol–water partition coefficient (Wildman–Crippen LogP) is 2.86. The number of nitrogens with one attached hydrogen (secondary N) is 1. The van der Waals surface area contributed by atoms with E-state index in [9.17, 15) is 0 Å². The molecule has 6 heteroatoms. The molecule has 1 saturated carbocycles. The van der Waals surface area contributed by atoms with Gasteiger partial charge >= 0.3 is 0 Å². The fraction of sp³-hybridized carbons (Fsp3) is 0.625. The zero-order chi connectivity index (χ0) is 15.5. The fourth-order valence-electron chi connectivity index (χ4n) is 3.15. The molecule has 22 heavy (non-hydrogen) atoms. The van der Waals surface area contributed by atoms with Crippen molar-refractivity contribution < 1.29 is 4.42 Å². The molecule has 118 valence electrons. The van der Waals surface area contributed by atoms with E-state index in [0.29, 0.717) is 12.0 Å². The molecule has 0 aromatic carbocycles. The molecule has 0 radical (unpaired) electrons. The Morgan fingerprint density at radius 2 is 2.00 bits per heavy atom. The molecule has 0 aliphatic heterocycles. The van der Waals surface area contributed by atoms with Crippen LogP contribution in [0.5, 0.6) is 0 Å². The minimum Gasteiger partial charge on any atom is -0.425 e. The Hall–Kier alpha value is -1.98. The second kappa shape index (κ2) is 6.42. The first-order chi connectivity index (χ1) is 10.6. The van der Waals surface area contributed by atoms with Crippen molar-refractivity contribution in [1.29, 1.82) is 0 Å². The average molecular weight is 301 g/mol. The van der Waals surface area contributed by atoms with Crippen LogP contribution in [0, 0.1) is 19.8 Å². The summed E-state index contributed by atoms with van der Waals surface area (Å²) >= 11 is 0. The lowest BCUT2D eigenvalue weighted by molar-refractivity contribution is 0.409. The molecule has 0 spiro atoms. The van der Waals surface area contributed by atoms with Gasteiger partial charge in [0.05, 0.1) is 0 Å². The van der Waals surface area contributed by atoms with E-state index in [2.05, 4.69) is 25.5 Å². The van der Waals surface area contributed by atoms with Crippen LogP contribution in [0.4, 0.5) is 5.82 Å². The fourth-order valence-corrected chi connectivity index (χ4v) is 3.15. The maximum atomic E-state index is 5.62. The number of nitrogens with zero attached hydrogens (tertiary/aromatic N) is 4. The quantitative estimate of drug-likeness (QED) is 0.915. The number of rotatable bonds is 5. The second-order valence-electron chi connectivity index (χ2n) is 6.11. The molecule has 6 nitrogen and oxygen atoms in total. The van der Waals surface area contributed by atoms with Crippen LogP contribution in [0.15, 0.2) is 10.5 Å². The molecule has 1 fully saturated rings. The monoisotopic (exact) mass is 301 g/mol. The second-order valence-corrected chi connectivity index (χ2v) is 6.11. The van der Waals surface area contributed by atoms with E-state index in [4.69, 9.17) is 4.42 Å². The van der Waals surface area contributed by atoms with Crippen LogP contribution in [0.2, 0.25) is 0 Å². The first-order valence-corrected chi connectivity index (χ1v) is 8.02. The third kappa shape index (κ3) is 3.61. The number of aromatic nitrogens is 4. The van der Waals surface area contributed by atoms with E-state index in [1.54, 1.807) is 0 Å². The van der Waals surface area contributed by atoms with Crippen molar-refractivity contribution >= 4 is 5.82 Å². The van der Waals surface area contributed by atoms with Gasteiger partial charge in [-0.2, -0.15) is 0 Å². The Bertz CT molecular complexity index is 619. The van der Waals surface area contributed by atoms with Crippen molar-refractivity contribution in [1.82, 2.24) is 20.2 Å². The predicted molar refractivity (Wildman–Crippen MR) is 83.6 cm³/mol. The van der Waals surface area contributed by atoms with Gasteiger partial charge in [0.25, 0.3) is 0 Å². The van der Waals surface area contributed by atoms with Crippen molar-refractivity contribution in [2.45, 2.75) is 58.9 Å². The summed E-state index contributed by atoms with van der Waals surface area (Å²) < 4.78 is 5.62. The summed E-state index contributed by atoms with van der Waals surface area (Å²) in [4.78, 5) is 8.77. The number of hydrogen-bond donors (Lipinski definition) is 1. The summed E-state index contributed by atoms with van der Waals surface area (Å²) in [5.41, 5.74) is 1.00. The Morgan fingerprint density at radius 1 is 1.18 bits per heavy atom. The first kappa shape index (κ1) is 14.9. The maximum Gasteiger partial charge on any atom is 0.216 e. The molecule has 2 aromatic rings. The Balaban J connectivity index is 1.55. The molecular weight excluding hydrogens is 278 g/mol. The van der Waals surface area contributed by atoms with Crippen molar-refractivity contribution in [3.63, 3.8) is 0 Å². The van der Waals surface area contributed by atoms with Gasteiger partial charge in [0, 0.05) is 30.6 Å². The van der Waals surface area contributed by atoms with E-state index >= 15 is 0 Å². The van der Waals surface area contributed by atoms with Crippen LogP contribution in [-0.2, 0) is 12.8 Å². The van der Waals surface area contributed by atoms with Crippen LogP contribution >= 0.6 is 0 Å². The number of aryl methyl sites for hydroxylation is 3. The van der Waals surface area contributed by atoms with Gasteiger partial charge in [0.15, 0.2) is 0 Å². The van der Waals surface area contributed by atoms with Crippen molar-refractivity contribution in [2.75, 3.05) is 5.32 Å². The highest BCUT2D eigenvalue weighted by atomic mass is 16.4. The van der Waals surface area contributed by atoms with E-state index in [-0.39, 0.29) is 0 Å².